The highest BCUT2D eigenvalue weighted by Gasteiger charge is 2.70. The molecule has 2 saturated carbocycles. The third-order valence-corrected chi connectivity index (χ3v) is 6.29. The summed E-state index contributed by atoms with van der Waals surface area (Å²) in [6, 6.07) is 5.80. The van der Waals surface area contributed by atoms with Crippen molar-refractivity contribution in [2.24, 2.45) is 29.1 Å². The minimum Gasteiger partial charge on any atom is -0.481 e. The van der Waals surface area contributed by atoms with Gasteiger partial charge in [0.05, 0.1) is 11.8 Å². The summed E-state index contributed by atoms with van der Waals surface area (Å²) in [5, 5.41) is 12.7. The van der Waals surface area contributed by atoms with E-state index >= 15 is 0 Å². The smallest absolute Gasteiger partial charge is 0.307 e. The van der Waals surface area contributed by atoms with Gasteiger partial charge in [-0.05, 0) is 61.1 Å². The number of carboxylic acids is 1. The second kappa shape index (κ2) is 4.70. The Kier molecular flexibility index (Phi) is 2.96. The molecule has 120 valence electrons. The van der Waals surface area contributed by atoms with E-state index in [-0.39, 0.29) is 23.2 Å². The molecule has 2 fully saturated rings. The van der Waals surface area contributed by atoms with Crippen LogP contribution in [0.2, 0.25) is 0 Å². The van der Waals surface area contributed by atoms with Crippen molar-refractivity contribution in [3.63, 3.8) is 0 Å². The van der Waals surface area contributed by atoms with E-state index in [9.17, 15) is 14.7 Å². The van der Waals surface area contributed by atoms with E-state index in [1.165, 1.54) is 0 Å². The summed E-state index contributed by atoms with van der Waals surface area (Å²) in [5.74, 6) is -1.91. The molecule has 4 heteroatoms. The second-order valence-corrected chi connectivity index (χ2v) is 7.30. The Morgan fingerprint density at radius 3 is 2.39 bits per heavy atom. The van der Waals surface area contributed by atoms with E-state index in [1.807, 2.05) is 38.1 Å². The van der Waals surface area contributed by atoms with Crippen LogP contribution in [0.5, 0.6) is 0 Å². The van der Waals surface area contributed by atoms with Gasteiger partial charge in [-0.2, -0.15) is 0 Å². The molecule has 1 spiro atoms. The predicted molar refractivity (Wildman–Crippen MR) is 86.9 cm³/mol. The van der Waals surface area contributed by atoms with Crippen molar-refractivity contribution in [3.05, 3.63) is 41.5 Å². The molecular weight excluding hydrogens is 290 g/mol. The summed E-state index contributed by atoms with van der Waals surface area (Å²) in [6.07, 6.45) is 6.22. The first kappa shape index (κ1) is 14.5. The van der Waals surface area contributed by atoms with Gasteiger partial charge in [0, 0.05) is 5.69 Å². The van der Waals surface area contributed by atoms with Crippen molar-refractivity contribution in [3.8, 4) is 0 Å². The Morgan fingerprint density at radius 2 is 1.78 bits per heavy atom. The number of rotatable bonds is 3. The highest BCUT2D eigenvalue weighted by atomic mass is 16.4. The summed E-state index contributed by atoms with van der Waals surface area (Å²) in [4.78, 5) is 24.7. The molecule has 4 atom stereocenters. The van der Waals surface area contributed by atoms with Crippen molar-refractivity contribution in [1.29, 1.82) is 0 Å². The lowest BCUT2D eigenvalue weighted by Crippen LogP contribution is -2.36. The number of aliphatic carboxylic acids is 1. The van der Waals surface area contributed by atoms with Gasteiger partial charge in [0.1, 0.15) is 0 Å². The van der Waals surface area contributed by atoms with Crippen molar-refractivity contribution in [1.82, 2.24) is 0 Å². The molecule has 0 aromatic heterocycles. The molecule has 3 aliphatic carbocycles. The minimum atomic E-state index is -0.839. The standard InChI is InChI=1S/C19H21NO3/c1-10-4-3-5-14(11(10)2)20-17(21)15-12-6-7-13(16(15)18(22)23)19(12)8-9-19/h3-7,12-13,15-16H,8-9H2,1-2H3,(H,20,21)(H,22,23)/t12-,13+,15-,16+/m1/s1. The van der Waals surface area contributed by atoms with Gasteiger partial charge in [-0.15, -0.1) is 0 Å². The summed E-state index contributed by atoms with van der Waals surface area (Å²) in [7, 11) is 0. The molecular formula is C19H21NO3. The SMILES string of the molecule is Cc1cccc(NC(=O)[C@H]2[C@@H](C(=O)O)[C@@H]3C=C[C@H]2C32CC2)c1C. The quantitative estimate of drug-likeness (QED) is 0.843. The van der Waals surface area contributed by atoms with Crippen LogP contribution in [0.15, 0.2) is 30.4 Å². The first-order valence-electron chi connectivity index (χ1n) is 8.24. The van der Waals surface area contributed by atoms with E-state index in [1.54, 1.807) is 0 Å². The summed E-state index contributed by atoms with van der Waals surface area (Å²) >= 11 is 0. The third-order valence-electron chi connectivity index (χ3n) is 6.29. The van der Waals surface area contributed by atoms with Crippen LogP contribution in [0.1, 0.15) is 24.0 Å². The fourth-order valence-electron chi connectivity index (χ4n) is 4.79. The maximum atomic E-state index is 12.9. The summed E-state index contributed by atoms with van der Waals surface area (Å²) in [5.41, 5.74) is 3.00. The van der Waals surface area contributed by atoms with Gasteiger partial charge in [0.15, 0.2) is 0 Å². The average Bonchev–Trinajstić information content (AvgIpc) is 3.17. The molecule has 0 aliphatic heterocycles. The Balaban J connectivity index is 1.64. The average molecular weight is 311 g/mol. The zero-order chi connectivity index (χ0) is 16.4. The van der Waals surface area contributed by atoms with Gasteiger partial charge in [-0.1, -0.05) is 24.3 Å². The molecule has 0 saturated heterocycles. The zero-order valence-corrected chi connectivity index (χ0v) is 13.4. The molecule has 0 heterocycles. The monoisotopic (exact) mass is 311 g/mol. The molecule has 4 rings (SSSR count). The number of benzene rings is 1. The number of carbonyl (C=O) groups is 2. The van der Waals surface area contributed by atoms with E-state index in [2.05, 4.69) is 11.4 Å². The van der Waals surface area contributed by atoms with Crippen molar-refractivity contribution in [2.45, 2.75) is 26.7 Å². The van der Waals surface area contributed by atoms with Gasteiger partial charge >= 0.3 is 5.97 Å². The zero-order valence-electron chi connectivity index (χ0n) is 13.4. The predicted octanol–water partition coefficient (Wildman–Crippen LogP) is 3.15. The minimum absolute atomic E-state index is 0.0272. The largest absolute Gasteiger partial charge is 0.481 e. The third kappa shape index (κ3) is 1.90. The van der Waals surface area contributed by atoms with Crippen molar-refractivity contribution >= 4 is 17.6 Å². The van der Waals surface area contributed by atoms with E-state index in [0.717, 1.165) is 29.7 Å². The molecule has 0 unspecified atom stereocenters. The Morgan fingerprint density at radius 1 is 1.13 bits per heavy atom. The van der Waals surface area contributed by atoms with Crippen LogP contribution in [0.4, 0.5) is 5.69 Å². The first-order chi connectivity index (χ1) is 11.0. The molecule has 1 aromatic rings. The Hall–Kier alpha value is -2.10. The lowest BCUT2D eigenvalue weighted by molar-refractivity contribution is -0.146. The van der Waals surface area contributed by atoms with Crippen LogP contribution in [0.3, 0.4) is 0 Å². The van der Waals surface area contributed by atoms with Gasteiger partial charge in [0.25, 0.3) is 0 Å². The molecule has 0 radical (unpaired) electrons. The lowest BCUT2D eigenvalue weighted by atomic mass is 9.82. The number of carboxylic acid groups (broad SMARTS) is 1. The van der Waals surface area contributed by atoms with Gasteiger partial charge < -0.3 is 10.4 Å². The van der Waals surface area contributed by atoms with E-state index in [0.29, 0.717) is 0 Å². The van der Waals surface area contributed by atoms with Crippen LogP contribution in [0, 0.1) is 42.9 Å². The van der Waals surface area contributed by atoms with Gasteiger partial charge in [0.2, 0.25) is 5.91 Å². The van der Waals surface area contributed by atoms with Crippen molar-refractivity contribution < 1.29 is 14.7 Å². The highest BCUT2D eigenvalue weighted by molar-refractivity contribution is 5.97. The van der Waals surface area contributed by atoms with Crippen LogP contribution in [-0.2, 0) is 9.59 Å². The number of anilines is 1. The molecule has 2 bridgehead atoms. The van der Waals surface area contributed by atoms with Gasteiger partial charge in [-0.25, -0.2) is 0 Å². The van der Waals surface area contributed by atoms with Crippen LogP contribution >= 0.6 is 0 Å². The number of allylic oxidation sites excluding steroid dienone is 2. The first-order valence-corrected chi connectivity index (χ1v) is 8.24. The highest BCUT2D eigenvalue weighted by Crippen LogP contribution is 2.72. The summed E-state index contributed by atoms with van der Waals surface area (Å²) < 4.78 is 0. The summed E-state index contributed by atoms with van der Waals surface area (Å²) in [6.45, 7) is 3.98. The normalized spacial score (nSPS) is 32.3. The molecule has 3 aliphatic rings. The fraction of sp³-hybridized carbons (Fsp3) is 0.474. The Bertz CT molecular complexity index is 732. The number of carbonyl (C=O) groups excluding carboxylic acids is 1. The maximum absolute atomic E-state index is 12.9. The maximum Gasteiger partial charge on any atom is 0.307 e. The van der Waals surface area contributed by atoms with Crippen LogP contribution < -0.4 is 5.32 Å². The Labute approximate surface area is 135 Å². The number of aryl methyl sites for hydroxylation is 1. The van der Waals surface area contributed by atoms with Crippen molar-refractivity contribution in [2.75, 3.05) is 5.32 Å². The van der Waals surface area contributed by atoms with E-state index in [4.69, 9.17) is 0 Å². The number of amides is 1. The molecule has 2 N–H and O–H groups in total. The lowest BCUT2D eigenvalue weighted by Gasteiger charge is -2.24. The molecule has 1 aromatic carbocycles. The second-order valence-electron chi connectivity index (χ2n) is 7.30. The van der Waals surface area contributed by atoms with E-state index < -0.39 is 17.8 Å². The van der Waals surface area contributed by atoms with Crippen LogP contribution in [-0.4, -0.2) is 17.0 Å². The number of nitrogens with one attached hydrogen (secondary N) is 1. The topological polar surface area (TPSA) is 66.4 Å². The fourth-order valence-corrected chi connectivity index (χ4v) is 4.79. The number of hydrogen-bond acceptors (Lipinski definition) is 2. The molecule has 4 nitrogen and oxygen atoms in total. The van der Waals surface area contributed by atoms with Gasteiger partial charge in [-0.3, -0.25) is 9.59 Å². The molecule has 23 heavy (non-hydrogen) atoms. The van der Waals surface area contributed by atoms with Crippen LogP contribution in [0.25, 0.3) is 0 Å². The number of hydrogen-bond donors (Lipinski definition) is 2. The molecule has 1 amide bonds.